The highest BCUT2D eigenvalue weighted by Crippen LogP contribution is 2.46. The molecule has 0 spiro atoms. The van der Waals surface area contributed by atoms with Gasteiger partial charge in [0.05, 0.1) is 0 Å². The lowest BCUT2D eigenvalue weighted by atomic mass is 9.84. The molecule has 9 aromatic carbocycles. The van der Waals surface area contributed by atoms with Crippen LogP contribution in [0, 0.1) is 6.92 Å². The third kappa shape index (κ3) is 4.63. The Morgan fingerprint density at radius 2 is 1.11 bits per heavy atom. The maximum absolute atomic E-state index is 6.26. The standard InChI is InChI=1S/C52H34OS/c1-3-11-37-31(2)53-47-30-45-36(28-46(37)47)25-27-48-52(45)44-26-24-35(29-49(44)54-48)32-20-22-34(23-21-32)50-40-15-6-8-17-42(40)51(43-18-9-7-16-41(43)50)39-19-10-13-33-12-4-5-14-38(33)39/h3-30H,1-2H3/b11-3-. The zero-order chi connectivity index (χ0) is 35.9. The van der Waals surface area contributed by atoms with Crippen LogP contribution in [-0.2, 0) is 0 Å². The lowest BCUT2D eigenvalue weighted by Gasteiger charge is -2.19. The van der Waals surface area contributed by atoms with Crippen LogP contribution < -0.4 is 0 Å². The second kappa shape index (κ2) is 12.0. The first-order chi connectivity index (χ1) is 26.6. The zero-order valence-corrected chi connectivity index (χ0v) is 30.8. The Morgan fingerprint density at radius 1 is 0.463 bits per heavy atom. The lowest BCUT2D eigenvalue weighted by Crippen LogP contribution is -1.91. The number of furan rings is 1. The minimum Gasteiger partial charge on any atom is -0.461 e. The molecule has 0 radical (unpaired) electrons. The van der Waals surface area contributed by atoms with Crippen molar-refractivity contribution in [3.63, 3.8) is 0 Å². The van der Waals surface area contributed by atoms with Gasteiger partial charge in [-0.15, -0.1) is 11.3 Å². The number of rotatable bonds is 4. The van der Waals surface area contributed by atoms with Crippen LogP contribution in [0.1, 0.15) is 18.2 Å². The fraction of sp³-hybridized carbons (Fsp3) is 0.0385. The van der Waals surface area contributed by atoms with Gasteiger partial charge in [-0.2, -0.15) is 0 Å². The summed E-state index contributed by atoms with van der Waals surface area (Å²) < 4.78 is 8.85. The van der Waals surface area contributed by atoms with E-state index in [1.165, 1.54) is 108 Å². The molecular formula is C52H34OS. The molecule has 0 atom stereocenters. The lowest BCUT2D eigenvalue weighted by molar-refractivity contribution is 0.578. The molecule has 0 fully saturated rings. The van der Waals surface area contributed by atoms with Crippen molar-refractivity contribution >= 4 is 91.6 Å². The number of fused-ring (bicyclic) bond motifs is 9. The van der Waals surface area contributed by atoms with Gasteiger partial charge in [-0.25, -0.2) is 0 Å². The van der Waals surface area contributed by atoms with Gasteiger partial charge in [0.2, 0.25) is 0 Å². The second-order valence-electron chi connectivity index (χ2n) is 14.3. The average Bonchev–Trinajstić information content (AvgIpc) is 3.75. The Morgan fingerprint density at radius 3 is 1.85 bits per heavy atom. The third-order valence-corrected chi connectivity index (χ3v) is 12.4. The van der Waals surface area contributed by atoms with Gasteiger partial charge in [0.15, 0.2) is 0 Å². The van der Waals surface area contributed by atoms with Crippen LogP contribution in [-0.4, -0.2) is 0 Å². The van der Waals surface area contributed by atoms with Gasteiger partial charge < -0.3 is 4.42 Å². The summed E-state index contributed by atoms with van der Waals surface area (Å²) in [6.07, 6.45) is 4.23. The van der Waals surface area contributed by atoms with Crippen LogP contribution in [0.3, 0.4) is 0 Å². The van der Waals surface area contributed by atoms with Crippen molar-refractivity contribution in [1.82, 2.24) is 0 Å². The molecule has 0 saturated carbocycles. The summed E-state index contributed by atoms with van der Waals surface area (Å²) in [5.74, 6) is 0.958. The number of aryl methyl sites for hydroxylation is 1. The molecule has 54 heavy (non-hydrogen) atoms. The molecular weight excluding hydrogens is 673 g/mol. The van der Waals surface area contributed by atoms with E-state index in [0.29, 0.717) is 0 Å². The fourth-order valence-electron chi connectivity index (χ4n) is 8.89. The van der Waals surface area contributed by atoms with E-state index in [2.05, 4.69) is 184 Å². The van der Waals surface area contributed by atoms with Crippen LogP contribution in [0.15, 0.2) is 168 Å². The molecule has 2 aromatic heterocycles. The monoisotopic (exact) mass is 706 g/mol. The quantitative estimate of drug-likeness (QED) is 0.166. The van der Waals surface area contributed by atoms with E-state index < -0.39 is 0 Å². The van der Waals surface area contributed by atoms with Crippen molar-refractivity contribution in [3.8, 4) is 33.4 Å². The van der Waals surface area contributed by atoms with Gasteiger partial charge in [-0.1, -0.05) is 146 Å². The van der Waals surface area contributed by atoms with Crippen LogP contribution in [0.4, 0.5) is 0 Å². The molecule has 254 valence electrons. The number of benzene rings is 9. The largest absolute Gasteiger partial charge is 0.461 e. The highest BCUT2D eigenvalue weighted by Gasteiger charge is 2.19. The molecule has 11 rings (SSSR count). The van der Waals surface area contributed by atoms with Crippen molar-refractivity contribution in [2.75, 3.05) is 0 Å². The average molecular weight is 707 g/mol. The first-order valence-electron chi connectivity index (χ1n) is 18.6. The minimum atomic E-state index is 0.945. The van der Waals surface area contributed by atoms with E-state index >= 15 is 0 Å². The number of hydrogen-bond acceptors (Lipinski definition) is 2. The van der Waals surface area contributed by atoms with Crippen LogP contribution in [0.25, 0.3) is 114 Å². The Bertz CT molecular complexity index is 3270. The second-order valence-corrected chi connectivity index (χ2v) is 15.4. The normalized spacial score (nSPS) is 12.2. The summed E-state index contributed by atoms with van der Waals surface area (Å²) in [4.78, 5) is 0. The molecule has 1 nitrogen and oxygen atoms in total. The van der Waals surface area contributed by atoms with E-state index in [1.54, 1.807) is 0 Å². The van der Waals surface area contributed by atoms with E-state index in [-0.39, 0.29) is 0 Å². The zero-order valence-electron chi connectivity index (χ0n) is 30.0. The molecule has 0 aliphatic carbocycles. The molecule has 0 unspecified atom stereocenters. The van der Waals surface area contributed by atoms with Gasteiger partial charge in [-0.05, 0) is 115 Å². The summed E-state index contributed by atoms with van der Waals surface area (Å²) in [5.41, 5.74) is 9.63. The van der Waals surface area contributed by atoms with Crippen molar-refractivity contribution in [2.24, 2.45) is 0 Å². The Labute approximate surface area is 317 Å². The Balaban J connectivity index is 1.04. The van der Waals surface area contributed by atoms with Crippen molar-refractivity contribution < 1.29 is 4.42 Å². The van der Waals surface area contributed by atoms with Crippen LogP contribution in [0.2, 0.25) is 0 Å². The SMILES string of the molecule is C/C=C\c1c(C)oc2cc3c(ccc4sc5cc(-c6ccc(-c7c8ccccc8c(-c8cccc9ccccc89)c8ccccc78)cc6)ccc5c43)cc12. The molecule has 0 aliphatic rings. The van der Waals surface area contributed by atoms with E-state index in [1.807, 2.05) is 11.3 Å². The van der Waals surface area contributed by atoms with Gasteiger partial charge in [0, 0.05) is 31.1 Å². The first-order valence-corrected chi connectivity index (χ1v) is 19.4. The molecule has 2 heteroatoms. The summed E-state index contributed by atoms with van der Waals surface area (Å²) in [6.45, 7) is 4.11. The molecule has 0 N–H and O–H groups in total. The highest BCUT2D eigenvalue weighted by atomic mass is 32.1. The summed E-state index contributed by atoms with van der Waals surface area (Å²) in [7, 11) is 0. The predicted molar refractivity (Wildman–Crippen MR) is 235 cm³/mol. The van der Waals surface area contributed by atoms with E-state index in [0.717, 1.165) is 11.3 Å². The molecule has 0 aliphatic heterocycles. The third-order valence-electron chi connectivity index (χ3n) is 11.3. The molecule has 2 heterocycles. The maximum atomic E-state index is 6.26. The van der Waals surface area contributed by atoms with Crippen LogP contribution >= 0.6 is 11.3 Å². The fourth-order valence-corrected chi connectivity index (χ4v) is 10.0. The topological polar surface area (TPSA) is 13.1 Å². The number of thiophene rings is 1. The van der Waals surface area contributed by atoms with Crippen molar-refractivity contribution in [1.29, 1.82) is 0 Å². The Hall–Kier alpha value is -6.48. The molecule has 0 amide bonds. The van der Waals surface area contributed by atoms with Crippen LogP contribution in [0.5, 0.6) is 0 Å². The summed E-state index contributed by atoms with van der Waals surface area (Å²) in [6, 6.07) is 58.5. The molecule has 0 saturated heterocycles. The first kappa shape index (κ1) is 31.1. The summed E-state index contributed by atoms with van der Waals surface area (Å²) >= 11 is 1.87. The van der Waals surface area contributed by atoms with Gasteiger partial charge >= 0.3 is 0 Å². The minimum absolute atomic E-state index is 0.945. The van der Waals surface area contributed by atoms with Gasteiger partial charge in [0.25, 0.3) is 0 Å². The van der Waals surface area contributed by atoms with E-state index in [4.69, 9.17) is 4.42 Å². The highest BCUT2D eigenvalue weighted by molar-refractivity contribution is 7.26. The Kier molecular flexibility index (Phi) is 6.92. The van der Waals surface area contributed by atoms with Crippen molar-refractivity contribution in [3.05, 3.63) is 175 Å². The van der Waals surface area contributed by atoms with Gasteiger partial charge in [-0.3, -0.25) is 0 Å². The smallest absolute Gasteiger partial charge is 0.135 e. The maximum Gasteiger partial charge on any atom is 0.135 e. The van der Waals surface area contributed by atoms with Gasteiger partial charge in [0.1, 0.15) is 11.3 Å². The predicted octanol–water partition coefficient (Wildman–Crippen LogP) is 15.8. The van der Waals surface area contributed by atoms with Crippen molar-refractivity contribution in [2.45, 2.75) is 13.8 Å². The molecule has 11 aromatic rings. The number of hydrogen-bond donors (Lipinski definition) is 0. The van der Waals surface area contributed by atoms with E-state index in [9.17, 15) is 0 Å². The molecule has 0 bridgehead atoms. The number of allylic oxidation sites excluding steroid dienone is 1. The summed E-state index contributed by atoms with van der Waals surface area (Å²) in [5, 5.41) is 13.9.